The van der Waals surface area contributed by atoms with Crippen LogP contribution in [0.3, 0.4) is 0 Å². The van der Waals surface area contributed by atoms with E-state index in [1.54, 1.807) is 0 Å². The van der Waals surface area contributed by atoms with Crippen LogP contribution < -0.4 is 5.32 Å². The third-order valence-corrected chi connectivity index (χ3v) is 2.49. The molecule has 2 heteroatoms. The Bertz CT molecular complexity index is 366. The smallest absolute Gasteiger partial charge is 0.0702 e. The van der Waals surface area contributed by atoms with E-state index >= 15 is 0 Å². The van der Waals surface area contributed by atoms with E-state index in [4.69, 9.17) is 5.26 Å². The van der Waals surface area contributed by atoms with Crippen molar-refractivity contribution < 1.29 is 0 Å². The van der Waals surface area contributed by atoms with Crippen LogP contribution >= 0.6 is 0 Å². The average molecular weight is 202 g/mol. The van der Waals surface area contributed by atoms with Crippen LogP contribution in [-0.4, -0.2) is 6.54 Å². The third-order valence-electron chi connectivity index (χ3n) is 2.49. The van der Waals surface area contributed by atoms with Crippen LogP contribution in [-0.2, 0) is 0 Å². The Morgan fingerprint density at radius 3 is 2.27 bits per heavy atom. The summed E-state index contributed by atoms with van der Waals surface area (Å²) < 4.78 is 0. The minimum Gasteiger partial charge on any atom is -0.383 e. The lowest BCUT2D eigenvalue weighted by atomic mass is 9.95. The maximum Gasteiger partial charge on any atom is 0.0702 e. The van der Waals surface area contributed by atoms with E-state index in [1.807, 2.05) is 19.9 Å². The van der Waals surface area contributed by atoms with Crippen molar-refractivity contribution in [2.75, 3.05) is 11.9 Å². The van der Waals surface area contributed by atoms with Crippen LogP contribution in [0, 0.1) is 30.6 Å². The minimum atomic E-state index is -0.325. The molecule has 0 saturated heterocycles. The minimum absolute atomic E-state index is 0.325. The summed E-state index contributed by atoms with van der Waals surface area (Å²) in [5, 5.41) is 12.3. The average Bonchev–Trinajstić information content (AvgIpc) is 2.17. The van der Waals surface area contributed by atoms with Gasteiger partial charge in [0.15, 0.2) is 0 Å². The highest BCUT2D eigenvalue weighted by Crippen LogP contribution is 2.22. The zero-order valence-electron chi connectivity index (χ0n) is 9.89. The van der Waals surface area contributed by atoms with E-state index < -0.39 is 0 Å². The van der Waals surface area contributed by atoms with Crippen molar-refractivity contribution in [3.05, 3.63) is 29.3 Å². The zero-order chi connectivity index (χ0) is 11.5. The SMILES string of the molecule is Cc1cccc(C)c1NCC(C)(C)C#N. The second-order valence-corrected chi connectivity index (χ2v) is 4.62. The van der Waals surface area contributed by atoms with Gasteiger partial charge in [0, 0.05) is 12.2 Å². The molecule has 0 aliphatic rings. The van der Waals surface area contributed by atoms with Crippen molar-refractivity contribution in [3.8, 4) is 6.07 Å². The Morgan fingerprint density at radius 2 is 1.80 bits per heavy atom. The first-order valence-corrected chi connectivity index (χ1v) is 5.17. The molecule has 1 aromatic carbocycles. The quantitative estimate of drug-likeness (QED) is 0.816. The monoisotopic (exact) mass is 202 g/mol. The van der Waals surface area contributed by atoms with Gasteiger partial charge in [-0.25, -0.2) is 0 Å². The number of nitriles is 1. The van der Waals surface area contributed by atoms with Gasteiger partial charge in [-0.2, -0.15) is 5.26 Å². The number of para-hydroxylation sites is 1. The molecule has 2 nitrogen and oxygen atoms in total. The molecule has 1 aromatic rings. The van der Waals surface area contributed by atoms with Gasteiger partial charge in [-0.1, -0.05) is 18.2 Å². The molecule has 0 aromatic heterocycles. The molecule has 0 atom stereocenters. The van der Waals surface area contributed by atoms with E-state index in [1.165, 1.54) is 11.1 Å². The first-order chi connectivity index (χ1) is 6.96. The number of benzene rings is 1. The number of rotatable bonds is 3. The van der Waals surface area contributed by atoms with Crippen LogP contribution in [0.1, 0.15) is 25.0 Å². The molecular weight excluding hydrogens is 184 g/mol. The fraction of sp³-hybridized carbons (Fsp3) is 0.462. The number of nitrogens with one attached hydrogen (secondary N) is 1. The molecule has 1 N–H and O–H groups in total. The lowest BCUT2D eigenvalue weighted by Crippen LogP contribution is -2.21. The highest BCUT2D eigenvalue weighted by atomic mass is 14.9. The van der Waals surface area contributed by atoms with Gasteiger partial charge in [-0.05, 0) is 38.8 Å². The van der Waals surface area contributed by atoms with Crippen molar-refractivity contribution in [1.82, 2.24) is 0 Å². The molecule has 0 aliphatic heterocycles. The van der Waals surface area contributed by atoms with Crippen LogP contribution in [0.25, 0.3) is 0 Å². The number of hydrogen-bond acceptors (Lipinski definition) is 2. The van der Waals surface area contributed by atoms with Crippen LogP contribution in [0.4, 0.5) is 5.69 Å². The maximum absolute atomic E-state index is 8.92. The van der Waals surface area contributed by atoms with E-state index in [9.17, 15) is 0 Å². The molecule has 1 rings (SSSR count). The van der Waals surface area contributed by atoms with Crippen molar-refractivity contribution in [2.24, 2.45) is 5.41 Å². The lowest BCUT2D eigenvalue weighted by Gasteiger charge is -2.19. The molecule has 0 radical (unpaired) electrons. The molecule has 0 fully saturated rings. The summed E-state index contributed by atoms with van der Waals surface area (Å²) in [5.74, 6) is 0. The van der Waals surface area contributed by atoms with E-state index in [0.717, 1.165) is 5.69 Å². The molecule has 0 heterocycles. The van der Waals surface area contributed by atoms with Crippen LogP contribution in [0.5, 0.6) is 0 Å². The fourth-order valence-electron chi connectivity index (χ4n) is 1.44. The summed E-state index contributed by atoms with van der Waals surface area (Å²) in [6, 6.07) is 8.49. The second-order valence-electron chi connectivity index (χ2n) is 4.62. The second kappa shape index (κ2) is 4.35. The van der Waals surface area contributed by atoms with Crippen molar-refractivity contribution in [1.29, 1.82) is 5.26 Å². The van der Waals surface area contributed by atoms with Crippen LogP contribution in [0.2, 0.25) is 0 Å². The zero-order valence-corrected chi connectivity index (χ0v) is 9.89. The van der Waals surface area contributed by atoms with Crippen molar-refractivity contribution in [3.63, 3.8) is 0 Å². The summed E-state index contributed by atoms with van der Waals surface area (Å²) >= 11 is 0. The largest absolute Gasteiger partial charge is 0.383 e. The van der Waals surface area contributed by atoms with E-state index in [0.29, 0.717) is 6.54 Å². The van der Waals surface area contributed by atoms with E-state index in [-0.39, 0.29) is 5.41 Å². The first-order valence-electron chi connectivity index (χ1n) is 5.17. The summed E-state index contributed by atoms with van der Waals surface area (Å²) in [6.07, 6.45) is 0. The highest BCUT2D eigenvalue weighted by Gasteiger charge is 2.16. The standard InChI is InChI=1S/C13H18N2/c1-10-6-5-7-11(2)12(10)15-9-13(3,4)8-14/h5-7,15H,9H2,1-4H3. The number of anilines is 1. The van der Waals surface area contributed by atoms with Gasteiger partial charge in [0.2, 0.25) is 0 Å². The van der Waals surface area contributed by atoms with Gasteiger partial charge in [-0.3, -0.25) is 0 Å². The molecule has 0 unspecified atom stereocenters. The van der Waals surface area contributed by atoms with Crippen LogP contribution in [0.15, 0.2) is 18.2 Å². The fourth-order valence-corrected chi connectivity index (χ4v) is 1.44. The summed E-state index contributed by atoms with van der Waals surface area (Å²) in [4.78, 5) is 0. The van der Waals surface area contributed by atoms with Crippen molar-refractivity contribution in [2.45, 2.75) is 27.7 Å². The maximum atomic E-state index is 8.92. The predicted molar refractivity (Wildman–Crippen MR) is 63.8 cm³/mol. The topological polar surface area (TPSA) is 35.8 Å². The van der Waals surface area contributed by atoms with Gasteiger partial charge >= 0.3 is 0 Å². The Kier molecular flexibility index (Phi) is 3.36. The van der Waals surface area contributed by atoms with Gasteiger partial charge in [0.1, 0.15) is 0 Å². The third kappa shape index (κ3) is 2.99. The lowest BCUT2D eigenvalue weighted by molar-refractivity contribution is 0.528. The Labute approximate surface area is 91.9 Å². The molecular formula is C13H18N2. The summed E-state index contributed by atoms with van der Waals surface area (Å²) in [6.45, 7) is 8.71. The van der Waals surface area contributed by atoms with Crippen molar-refractivity contribution >= 4 is 5.69 Å². The van der Waals surface area contributed by atoms with Gasteiger partial charge in [-0.15, -0.1) is 0 Å². The molecule has 80 valence electrons. The highest BCUT2D eigenvalue weighted by molar-refractivity contribution is 5.56. The molecule has 0 amide bonds. The predicted octanol–water partition coefficient (Wildman–Crippen LogP) is 3.27. The molecule has 0 saturated carbocycles. The van der Waals surface area contributed by atoms with Gasteiger partial charge < -0.3 is 5.32 Å². The number of aryl methyl sites for hydroxylation is 2. The Morgan fingerprint density at radius 1 is 1.27 bits per heavy atom. The van der Waals surface area contributed by atoms with E-state index in [2.05, 4.69) is 37.4 Å². The Balaban J connectivity index is 2.79. The number of hydrogen-bond donors (Lipinski definition) is 1. The molecule has 15 heavy (non-hydrogen) atoms. The normalized spacial score (nSPS) is 10.9. The number of nitrogens with zero attached hydrogens (tertiary/aromatic N) is 1. The van der Waals surface area contributed by atoms with Gasteiger partial charge in [0.05, 0.1) is 11.5 Å². The summed E-state index contributed by atoms with van der Waals surface area (Å²) in [5.41, 5.74) is 3.28. The molecule has 0 spiro atoms. The first kappa shape index (κ1) is 11.6. The van der Waals surface area contributed by atoms with Gasteiger partial charge in [0.25, 0.3) is 0 Å². The molecule has 0 aliphatic carbocycles. The summed E-state index contributed by atoms with van der Waals surface area (Å²) in [7, 11) is 0. The molecule has 0 bridgehead atoms. The Hall–Kier alpha value is -1.49.